The van der Waals surface area contributed by atoms with E-state index in [1.54, 1.807) is 6.07 Å². The minimum Gasteiger partial charge on any atom is -0.489 e. The molecule has 1 heterocycles. The number of halogens is 2. The van der Waals surface area contributed by atoms with Gasteiger partial charge in [-0.05, 0) is 54.1 Å². The maximum Gasteiger partial charge on any atom is 0.323 e. The lowest BCUT2D eigenvalue weighted by molar-refractivity contribution is 0.303. The number of aromatic amines is 2. The molecule has 4 aromatic rings. The third kappa shape index (κ3) is 4.32. The summed E-state index contributed by atoms with van der Waals surface area (Å²) < 4.78 is 5.99. The van der Waals surface area contributed by atoms with Gasteiger partial charge in [0.15, 0.2) is 0 Å². The van der Waals surface area contributed by atoms with E-state index in [9.17, 15) is 4.79 Å². The molecule has 142 valence electrons. The number of nitrogens with one attached hydrogen (secondary N) is 3. The Morgan fingerprint density at radius 1 is 0.893 bits per heavy atom. The van der Waals surface area contributed by atoms with Crippen LogP contribution in [0.15, 0.2) is 65.5 Å². The minimum atomic E-state index is -0.223. The molecule has 0 fully saturated rings. The van der Waals surface area contributed by atoms with Crippen LogP contribution in [0.1, 0.15) is 11.1 Å². The van der Waals surface area contributed by atoms with Crippen molar-refractivity contribution in [1.29, 1.82) is 0 Å². The van der Waals surface area contributed by atoms with Crippen molar-refractivity contribution in [3.05, 3.63) is 92.3 Å². The normalized spacial score (nSPS) is 10.9. The van der Waals surface area contributed by atoms with Crippen LogP contribution in [0.4, 0.5) is 5.69 Å². The zero-order valence-corrected chi connectivity index (χ0v) is 16.3. The zero-order valence-electron chi connectivity index (χ0n) is 14.8. The van der Waals surface area contributed by atoms with Crippen molar-refractivity contribution in [3.8, 4) is 5.75 Å². The van der Waals surface area contributed by atoms with E-state index >= 15 is 0 Å². The Bertz CT molecular complexity index is 1180. The average Bonchev–Trinajstić information content (AvgIpc) is 3.05. The van der Waals surface area contributed by atoms with Gasteiger partial charge < -0.3 is 20.0 Å². The maximum absolute atomic E-state index is 11.4. The van der Waals surface area contributed by atoms with Gasteiger partial charge in [0.05, 0.1) is 11.0 Å². The molecule has 5 nitrogen and oxygen atoms in total. The molecular formula is C21H17Cl2N3O2. The highest BCUT2D eigenvalue weighted by atomic mass is 35.5. The van der Waals surface area contributed by atoms with E-state index in [0.29, 0.717) is 23.2 Å². The molecule has 0 atom stereocenters. The number of ether oxygens (including phenoxy) is 1. The summed E-state index contributed by atoms with van der Waals surface area (Å²) >= 11 is 12.2. The van der Waals surface area contributed by atoms with Crippen LogP contribution < -0.4 is 15.7 Å². The number of aromatic nitrogens is 2. The number of hydrogen-bond donors (Lipinski definition) is 3. The van der Waals surface area contributed by atoms with Gasteiger partial charge in [0.2, 0.25) is 0 Å². The summed E-state index contributed by atoms with van der Waals surface area (Å²) in [5.74, 6) is 0.744. The molecule has 3 aromatic carbocycles. The van der Waals surface area contributed by atoms with Crippen molar-refractivity contribution in [3.63, 3.8) is 0 Å². The van der Waals surface area contributed by atoms with Gasteiger partial charge >= 0.3 is 5.69 Å². The van der Waals surface area contributed by atoms with Gasteiger partial charge in [0.25, 0.3) is 0 Å². The minimum absolute atomic E-state index is 0.223. The van der Waals surface area contributed by atoms with Gasteiger partial charge in [-0.1, -0.05) is 35.3 Å². The van der Waals surface area contributed by atoms with E-state index in [1.807, 2.05) is 54.6 Å². The van der Waals surface area contributed by atoms with Crippen LogP contribution >= 0.6 is 23.2 Å². The summed E-state index contributed by atoms with van der Waals surface area (Å²) in [6.07, 6.45) is 0. The predicted octanol–water partition coefficient (Wildman–Crippen LogP) is 5.35. The lowest BCUT2D eigenvalue weighted by Crippen LogP contribution is -2.04. The third-order valence-electron chi connectivity index (χ3n) is 4.30. The summed E-state index contributed by atoms with van der Waals surface area (Å²) in [4.78, 5) is 16.9. The number of hydrogen-bond acceptors (Lipinski definition) is 3. The number of rotatable bonds is 6. The van der Waals surface area contributed by atoms with E-state index in [2.05, 4.69) is 15.3 Å². The smallest absolute Gasteiger partial charge is 0.323 e. The highest BCUT2D eigenvalue weighted by Gasteiger charge is 2.07. The Balaban J connectivity index is 1.49. The fourth-order valence-electron chi connectivity index (χ4n) is 2.95. The number of benzene rings is 3. The van der Waals surface area contributed by atoms with Crippen LogP contribution in [0.3, 0.4) is 0 Å². The third-order valence-corrected chi connectivity index (χ3v) is 4.78. The van der Waals surface area contributed by atoms with Crippen LogP contribution in [0.5, 0.6) is 5.75 Å². The van der Waals surface area contributed by atoms with Crippen molar-refractivity contribution in [2.24, 2.45) is 0 Å². The molecule has 0 radical (unpaired) electrons. The van der Waals surface area contributed by atoms with E-state index in [4.69, 9.17) is 27.9 Å². The SMILES string of the molecule is O=c1[nH]c2ccc(NCc3cc(Cl)ccc3OCc3cccc(Cl)c3)cc2[nH]1. The predicted molar refractivity (Wildman–Crippen MR) is 113 cm³/mol. The molecule has 0 saturated carbocycles. The second kappa shape index (κ2) is 8.00. The van der Waals surface area contributed by atoms with Crippen LogP contribution in [0.2, 0.25) is 10.0 Å². The molecule has 0 amide bonds. The van der Waals surface area contributed by atoms with Gasteiger partial charge in [0, 0.05) is 27.8 Å². The first-order valence-electron chi connectivity index (χ1n) is 8.68. The summed E-state index contributed by atoms with van der Waals surface area (Å²) in [5.41, 5.74) is 4.09. The molecular weight excluding hydrogens is 397 g/mol. The lowest BCUT2D eigenvalue weighted by Gasteiger charge is -2.14. The summed E-state index contributed by atoms with van der Waals surface area (Å²) in [5, 5.41) is 4.66. The van der Waals surface area contributed by atoms with Gasteiger partial charge in [-0.3, -0.25) is 0 Å². The Labute approximate surface area is 171 Å². The van der Waals surface area contributed by atoms with E-state index in [-0.39, 0.29) is 5.69 Å². The van der Waals surface area contributed by atoms with Crippen molar-refractivity contribution < 1.29 is 4.74 Å². The highest BCUT2D eigenvalue weighted by Crippen LogP contribution is 2.26. The topological polar surface area (TPSA) is 69.9 Å². The number of fused-ring (bicyclic) bond motifs is 1. The first-order chi connectivity index (χ1) is 13.6. The molecule has 0 aliphatic rings. The van der Waals surface area contributed by atoms with Crippen LogP contribution in [0.25, 0.3) is 11.0 Å². The molecule has 28 heavy (non-hydrogen) atoms. The average molecular weight is 414 g/mol. The standard InChI is InChI=1S/C21H17Cl2N3O2/c22-15-3-1-2-13(8-15)12-28-20-7-4-16(23)9-14(20)11-24-17-5-6-18-19(10-17)26-21(27)25-18/h1-10,24H,11-12H2,(H2,25,26,27). The van der Waals surface area contributed by atoms with E-state index in [0.717, 1.165) is 33.6 Å². The maximum atomic E-state index is 11.4. The van der Waals surface area contributed by atoms with Crippen molar-refractivity contribution in [2.75, 3.05) is 5.32 Å². The fraction of sp³-hybridized carbons (Fsp3) is 0.0952. The second-order valence-electron chi connectivity index (χ2n) is 6.36. The molecule has 0 aliphatic carbocycles. The molecule has 0 spiro atoms. The zero-order chi connectivity index (χ0) is 19.5. The Morgan fingerprint density at radius 3 is 2.57 bits per heavy atom. The van der Waals surface area contributed by atoms with Crippen molar-refractivity contribution in [1.82, 2.24) is 9.97 Å². The summed E-state index contributed by atoms with van der Waals surface area (Å²) in [6, 6.07) is 18.7. The number of H-pyrrole nitrogens is 2. The molecule has 4 rings (SSSR count). The van der Waals surface area contributed by atoms with Crippen molar-refractivity contribution in [2.45, 2.75) is 13.2 Å². The molecule has 0 unspecified atom stereocenters. The quantitative estimate of drug-likeness (QED) is 0.398. The summed E-state index contributed by atoms with van der Waals surface area (Å²) in [6.45, 7) is 0.928. The first kappa shape index (κ1) is 18.5. The Kier molecular flexibility index (Phi) is 5.28. The second-order valence-corrected chi connectivity index (χ2v) is 7.24. The highest BCUT2D eigenvalue weighted by molar-refractivity contribution is 6.30. The molecule has 3 N–H and O–H groups in total. The largest absolute Gasteiger partial charge is 0.489 e. The first-order valence-corrected chi connectivity index (χ1v) is 9.44. The van der Waals surface area contributed by atoms with Gasteiger partial charge in [-0.25, -0.2) is 4.79 Å². The van der Waals surface area contributed by atoms with E-state index < -0.39 is 0 Å². The number of anilines is 1. The van der Waals surface area contributed by atoms with Gasteiger partial charge in [-0.2, -0.15) is 0 Å². The Morgan fingerprint density at radius 2 is 1.71 bits per heavy atom. The fourth-order valence-corrected chi connectivity index (χ4v) is 3.36. The van der Waals surface area contributed by atoms with Gasteiger partial charge in [-0.15, -0.1) is 0 Å². The van der Waals surface area contributed by atoms with Crippen LogP contribution in [0, 0.1) is 0 Å². The van der Waals surface area contributed by atoms with Crippen LogP contribution in [-0.2, 0) is 13.2 Å². The van der Waals surface area contributed by atoms with Crippen LogP contribution in [-0.4, -0.2) is 9.97 Å². The van der Waals surface area contributed by atoms with Gasteiger partial charge in [0.1, 0.15) is 12.4 Å². The molecule has 1 aromatic heterocycles. The van der Waals surface area contributed by atoms with Crippen molar-refractivity contribution >= 4 is 39.9 Å². The molecule has 0 saturated heterocycles. The van der Waals surface area contributed by atoms with E-state index in [1.165, 1.54) is 0 Å². The Hall–Kier alpha value is -2.89. The monoisotopic (exact) mass is 413 g/mol. The lowest BCUT2D eigenvalue weighted by atomic mass is 10.2. The number of imidazole rings is 1. The molecule has 7 heteroatoms. The summed E-state index contributed by atoms with van der Waals surface area (Å²) in [7, 11) is 0. The molecule has 0 aliphatic heterocycles. The molecule has 0 bridgehead atoms.